The molecule has 0 bridgehead atoms. The maximum Gasteiger partial charge on any atom is 0.260 e. The number of anilines is 1. The molecule has 0 spiro atoms. The summed E-state index contributed by atoms with van der Waals surface area (Å²) in [4.78, 5) is 14.3. The summed E-state index contributed by atoms with van der Waals surface area (Å²) in [5, 5.41) is 0. The summed E-state index contributed by atoms with van der Waals surface area (Å²) < 4.78 is 5.56. The Morgan fingerprint density at radius 3 is 2.95 bits per heavy atom. The molecule has 20 heavy (non-hydrogen) atoms. The molecule has 1 amide bonds. The molecule has 1 aliphatic rings. The summed E-state index contributed by atoms with van der Waals surface area (Å²) in [6.45, 7) is 3.10. The monoisotopic (exact) mass is 276 g/mol. The first kappa shape index (κ1) is 14.7. The molecule has 1 aliphatic heterocycles. The molecule has 1 fully saturated rings. The van der Waals surface area contributed by atoms with Crippen molar-refractivity contribution in [1.82, 2.24) is 4.90 Å². The fraction of sp³-hybridized carbons (Fsp3) is 0.562. The lowest BCUT2D eigenvalue weighted by Gasteiger charge is -2.35. The molecule has 0 saturated carbocycles. The van der Waals surface area contributed by atoms with E-state index < -0.39 is 0 Å². The Kier molecular flexibility index (Phi) is 5.27. The van der Waals surface area contributed by atoms with Crippen molar-refractivity contribution in [3.05, 3.63) is 24.3 Å². The van der Waals surface area contributed by atoms with Gasteiger partial charge in [0.2, 0.25) is 0 Å². The third-order valence-electron chi connectivity index (χ3n) is 3.84. The van der Waals surface area contributed by atoms with Crippen molar-refractivity contribution in [1.29, 1.82) is 0 Å². The van der Waals surface area contributed by atoms with Crippen LogP contribution in [0.1, 0.15) is 39.0 Å². The normalized spacial score (nSPS) is 18.9. The summed E-state index contributed by atoms with van der Waals surface area (Å²) in [5.41, 5.74) is 6.38. The SMILES string of the molecule is CCCC1CCCCN1C(=O)COc1ccccc1N. The standard InChI is InChI=1S/C16H24N2O2/c1-2-7-13-8-5-6-11-18(13)16(19)12-20-15-10-4-3-9-14(15)17/h3-4,9-10,13H,2,5-8,11-12,17H2,1H3. The van der Waals surface area contributed by atoms with E-state index in [4.69, 9.17) is 10.5 Å². The molecule has 0 aromatic heterocycles. The Morgan fingerprint density at radius 1 is 1.40 bits per heavy atom. The topological polar surface area (TPSA) is 55.6 Å². The van der Waals surface area contributed by atoms with Gasteiger partial charge in [-0.2, -0.15) is 0 Å². The van der Waals surface area contributed by atoms with E-state index in [1.807, 2.05) is 17.0 Å². The average molecular weight is 276 g/mol. The number of amides is 1. The Balaban J connectivity index is 1.91. The number of benzene rings is 1. The van der Waals surface area contributed by atoms with Crippen LogP contribution in [-0.4, -0.2) is 30.0 Å². The van der Waals surface area contributed by atoms with Crippen molar-refractivity contribution < 1.29 is 9.53 Å². The molecule has 2 N–H and O–H groups in total. The summed E-state index contributed by atoms with van der Waals surface area (Å²) in [5.74, 6) is 0.663. The van der Waals surface area contributed by atoms with Gasteiger partial charge in [-0.15, -0.1) is 0 Å². The van der Waals surface area contributed by atoms with Crippen molar-refractivity contribution in [2.24, 2.45) is 0 Å². The van der Waals surface area contributed by atoms with E-state index in [0.717, 1.165) is 32.2 Å². The molecule has 4 nitrogen and oxygen atoms in total. The van der Waals surface area contributed by atoms with Gasteiger partial charge in [-0.1, -0.05) is 25.5 Å². The van der Waals surface area contributed by atoms with Crippen molar-refractivity contribution in [2.75, 3.05) is 18.9 Å². The molecule has 1 heterocycles. The third kappa shape index (κ3) is 3.65. The second-order valence-electron chi connectivity index (χ2n) is 5.35. The Morgan fingerprint density at radius 2 is 2.20 bits per heavy atom. The van der Waals surface area contributed by atoms with Crippen LogP contribution in [0.15, 0.2) is 24.3 Å². The van der Waals surface area contributed by atoms with Crippen LogP contribution in [0.25, 0.3) is 0 Å². The Labute approximate surface area is 120 Å². The highest BCUT2D eigenvalue weighted by Gasteiger charge is 2.26. The van der Waals surface area contributed by atoms with Gasteiger partial charge in [0, 0.05) is 12.6 Å². The van der Waals surface area contributed by atoms with E-state index in [1.54, 1.807) is 12.1 Å². The number of nitrogen functional groups attached to an aromatic ring is 1. The van der Waals surface area contributed by atoms with E-state index in [-0.39, 0.29) is 12.5 Å². The zero-order chi connectivity index (χ0) is 14.4. The van der Waals surface area contributed by atoms with Gasteiger partial charge in [-0.05, 0) is 37.8 Å². The number of nitrogens with two attached hydrogens (primary N) is 1. The van der Waals surface area contributed by atoms with Crippen LogP contribution in [0.5, 0.6) is 5.75 Å². The largest absolute Gasteiger partial charge is 0.482 e. The maximum atomic E-state index is 12.3. The molecular weight excluding hydrogens is 252 g/mol. The molecule has 1 unspecified atom stereocenters. The number of ether oxygens (including phenoxy) is 1. The average Bonchev–Trinajstić information content (AvgIpc) is 2.47. The number of piperidine rings is 1. The van der Waals surface area contributed by atoms with E-state index in [9.17, 15) is 4.79 Å². The smallest absolute Gasteiger partial charge is 0.260 e. The number of likely N-dealkylation sites (tertiary alicyclic amines) is 1. The highest BCUT2D eigenvalue weighted by atomic mass is 16.5. The first-order valence-electron chi connectivity index (χ1n) is 7.49. The van der Waals surface area contributed by atoms with E-state index >= 15 is 0 Å². The van der Waals surface area contributed by atoms with E-state index in [1.165, 1.54) is 6.42 Å². The van der Waals surface area contributed by atoms with Gasteiger partial charge in [0.1, 0.15) is 5.75 Å². The minimum absolute atomic E-state index is 0.0754. The molecule has 1 saturated heterocycles. The van der Waals surface area contributed by atoms with Crippen LogP contribution in [-0.2, 0) is 4.79 Å². The molecule has 2 rings (SSSR count). The molecule has 1 atom stereocenters. The number of rotatable bonds is 5. The zero-order valence-corrected chi connectivity index (χ0v) is 12.2. The minimum Gasteiger partial charge on any atom is -0.482 e. The van der Waals surface area contributed by atoms with Crippen molar-refractivity contribution in [3.8, 4) is 5.75 Å². The fourth-order valence-corrected chi connectivity index (χ4v) is 2.80. The van der Waals surface area contributed by atoms with Gasteiger partial charge >= 0.3 is 0 Å². The van der Waals surface area contributed by atoms with Crippen LogP contribution in [0, 0.1) is 0 Å². The molecule has 1 aromatic rings. The van der Waals surface area contributed by atoms with E-state index in [2.05, 4.69) is 6.92 Å². The maximum absolute atomic E-state index is 12.3. The number of nitrogens with zero attached hydrogens (tertiary/aromatic N) is 1. The first-order chi connectivity index (χ1) is 9.72. The number of carbonyl (C=O) groups excluding carboxylic acids is 1. The van der Waals surface area contributed by atoms with Crippen molar-refractivity contribution in [2.45, 2.75) is 45.1 Å². The lowest BCUT2D eigenvalue weighted by molar-refractivity contribution is -0.137. The quantitative estimate of drug-likeness (QED) is 0.841. The van der Waals surface area contributed by atoms with Gasteiger partial charge in [-0.25, -0.2) is 0 Å². The Bertz CT molecular complexity index is 446. The zero-order valence-electron chi connectivity index (χ0n) is 12.2. The van der Waals surface area contributed by atoms with Gasteiger partial charge in [-0.3, -0.25) is 4.79 Å². The lowest BCUT2D eigenvalue weighted by Crippen LogP contribution is -2.45. The summed E-state index contributed by atoms with van der Waals surface area (Å²) in [6, 6.07) is 7.67. The number of carbonyl (C=O) groups is 1. The number of para-hydroxylation sites is 2. The predicted octanol–water partition coefficient (Wildman–Crippen LogP) is 2.83. The van der Waals surface area contributed by atoms with Crippen LogP contribution < -0.4 is 10.5 Å². The highest BCUT2D eigenvalue weighted by Crippen LogP contribution is 2.22. The molecule has 1 aromatic carbocycles. The summed E-state index contributed by atoms with van der Waals surface area (Å²) >= 11 is 0. The van der Waals surface area contributed by atoms with Gasteiger partial charge in [0.15, 0.2) is 6.61 Å². The van der Waals surface area contributed by atoms with E-state index in [0.29, 0.717) is 17.5 Å². The second kappa shape index (κ2) is 7.17. The third-order valence-corrected chi connectivity index (χ3v) is 3.84. The predicted molar refractivity (Wildman–Crippen MR) is 80.6 cm³/mol. The van der Waals surface area contributed by atoms with Crippen LogP contribution >= 0.6 is 0 Å². The van der Waals surface area contributed by atoms with Crippen molar-refractivity contribution >= 4 is 11.6 Å². The van der Waals surface area contributed by atoms with Crippen LogP contribution in [0.4, 0.5) is 5.69 Å². The molecule has 0 aliphatic carbocycles. The molecular formula is C16H24N2O2. The lowest BCUT2D eigenvalue weighted by atomic mass is 9.98. The number of hydrogen-bond acceptors (Lipinski definition) is 3. The second-order valence-corrected chi connectivity index (χ2v) is 5.35. The van der Waals surface area contributed by atoms with Gasteiger partial charge < -0.3 is 15.4 Å². The fourth-order valence-electron chi connectivity index (χ4n) is 2.80. The van der Waals surface area contributed by atoms with Crippen LogP contribution in [0.2, 0.25) is 0 Å². The molecule has 110 valence electrons. The highest BCUT2D eigenvalue weighted by molar-refractivity contribution is 5.78. The summed E-state index contributed by atoms with van der Waals surface area (Å²) in [6.07, 6.45) is 5.63. The minimum atomic E-state index is 0.0754. The van der Waals surface area contributed by atoms with Gasteiger partial charge in [0.25, 0.3) is 5.91 Å². The van der Waals surface area contributed by atoms with Gasteiger partial charge in [0.05, 0.1) is 5.69 Å². The van der Waals surface area contributed by atoms with Crippen molar-refractivity contribution in [3.63, 3.8) is 0 Å². The molecule has 4 heteroatoms. The first-order valence-corrected chi connectivity index (χ1v) is 7.49. The summed E-state index contributed by atoms with van der Waals surface area (Å²) in [7, 11) is 0. The van der Waals surface area contributed by atoms with Crippen LogP contribution in [0.3, 0.4) is 0 Å². The number of hydrogen-bond donors (Lipinski definition) is 1. The molecule has 0 radical (unpaired) electrons. The Hall–Kier alpha value is -1.71.